The highest BCUT2D eigenvalue weighted by atomic mass is 35.5. The first-order chi connectivity index (χ1) is 13.5. The number of hydrogen-bond acceptors (Lipinski definition) is 4. The Hall–Kier alpha value is -2.31. The second-order valence-electron chi connectivity index (χ2n) is 6.60. The van der Waals surface area contributed by atoms with Gasteiger partial charge in [-0.05, 0) is 43.2 Å². The van der Waals surface area contributed by atoms with E-state index in [4.69, 9.17) is 11.6 Å². The van der Waals surface area contributed by atoms with Gasteiger partial charge in [-0.1, -0.05) is 54.6 Å². The predicted octanol–water partition coefficient (Wildman–Crippen LogP) is 4.11. The van der Waals surface area contributed by atoms with Gasteiger partial charge in [0.1, 0.15) is 0 Å². The quantitative estimate of drug-likeness (QED) is 0.466. The van der Waals surface area contributed by atoms with Gasteiger partial charge in [-0.15, -0.1) is 0 Å². The van der Waals surface area contributed by atoms with E-state index in [-0.39, 0.29) is 23.3 Å². The van der Waals surface area contributed by atoms with Crippen LogP contribution < -0.4 is 10.9 Å². The van der Waals surface area contributed by atoms with E-state index in [0.717, 1.165) is 12.0 Å². The average molecular weight is 416 g/mol. The van der Waals surface area contributed by atoms with Crippen molar-refractivity contribution in [3.05, 3.63) is 69.5 Å². The normalized spacial score (nSPS) is 12.1. The van der Waals surface area contributed by atoms with Crippen LogP contribution in [-0.4, -0.2) is 27.3 Å². The molecule has 0 aliphatic rings. The molecule has 0 saturated heterocycles. The molecule has 0 fully saturated rings. The zero-order valence-corrected chi connectivity index (χ0v) is 17.4. The smallest absolute Gasteiger partial charge is 0.262 e. The number of carbonyl (C=O) groups excluding carboxylic acids is 1. The van der Waals surface area contributed by atoms with E-state index in [9.17, 15) is 9.59 Å². The van der Waals surface area contributed by atoms with Crippen LogP contribution in [0.4, 0.5) is 0 Å². The SMILES string of the molecule is CCC(C)NC(=O)CSc1nc2ccccc2c(=O)n1Cc1cccc(Cl)c1. The number of halogens is 1. The van der Waals surface area contributed by atoms with E-state index >= 15 is 0 Å². The summed E-state index contributed by atoms with van der Waals surface area (Å²) in [6, 6.07) is 14.7. The van der Waals surface area contributed by atoms with Gasteiger partial charge >= 0.3 is 0 Å². The molecule has 3 rings (SSSR count). The Balaban J connectivity index is 1.95. The van der Waals surface area contributed by atoms with Gasteiger partial charge < -0.3 is 5.32 Å². The van der Waals surface area contributed by atoms with Crippen LogP contribution in [0.1, 0.15) is 25.8 Å². The van der Waals surface area contributed by atoms with Crippen LogP contribution in [0.5, 0.6) is 0 Å². The maximum Gasteiger partial charge on any atom is 0.262 e. The minimum atomic E-state index is -0.129. The Bertz CT molecular complexity index is 1050. The highest BCUT2D eigenvalue weighted by molar-refractivity contribution is 7.99. The zero-order chi connectivity index (χ0) is 20.1. The van der Waals surface area contributed by atoms with Gasteiger partial charge in [0.25, 0.3) is 5.56 Å². The topological polar surface area (TPSA) is 64.0 Å². The second kappa shape index (κ2) is 9.26. The first kappa shape index (κ1) is 20.4. The number of thioether (sulfide) groups is 1. The molecule has 1 aromatic heterocycles. The largest absolute Gasteiger partial charge is 0.353 e. The summed E-state index contributed by atoms with van der Waals surface area (Å²) in [5.74, 6) is 0.126. The van der Waals surface area contributed by atoms with Crippen molar-refractivity contribution in [3.8, 4) is 0 Å². The maximum atomic E-state index is 13.1. The summed E-state index contributed by atoms with van der Waals surface area (Å²) in [5.41, 5.74) is 1.40. The first-order valence-electron chi connectivity index (χ1n) is 9.14. The molecule has 1 heterocycles. The Morgan fingerprint density at radius 3 is 2.79 bits per heavy atom. The highest BCUT2D eigenvalue weighted by Crippen LogP contribution is 2.20. The van der Waals surface area contributed by atoms with E-state index in [1.165, 1.54) is 11.8 Å². The molecule has 0 bridgehead atoms. The highest BCUT2D eigenvalue weighted by Gasteiger charge is 2.14. The first-order valence-corrected chi connectivity index (χ1v) is 10.5. The van der Waals surface area contributed by atoms with E-state index in [2.05, 4.69) is 10.3 Å². The Kier molecular flexibility index (Phi) is 6.75. The minimum Gasteiger partial charge on any atom is -0.353 e. The third kappa shape index (κ3) is 4.94. The number of fused-ring (bicyclic) bond motifs is 1. The van der Waals surface area contributed by atoms with Crippen LogP contribution >= 0.6 is 23.4 Å². The molecular formula is C21H22ClN3O2S. The van der Waals surface area contributed by atoms with Crippen molar-refractivity contribution in [3.63, 3.8) is 0 Å². The van der Waals surface area contributed by atoms with E-state index in [0.29, 0.717) is 27.6 Å². The number of rotatable bonds is 7. The van der Waals surface area contributed by atoms with Gasteiger partial charge in [0, 0.05) is 11.1 Å². The number of hydrogen-bond donors (Lipinski definition) is 1. The third-order valence-electron chi connectivity index (χ3n) is 4.41. The Labute approximate surface area is 173 Å². The molecule has 1 amide bonds. The van der Waals surface area contributed by atoms with Gasteiger partial charge in [-0.25, -0.2) is 4.98 Å². The van der Waals surface area contributed by atoms with Gasteiger partial charge in [0.2, 0.25) is 5.91 Å². The van der Waals surface area contributed by atoms with Crippen molar-refractivity contribution >= 4 is 40.2 Å². The molecule has 146 valence electrons. The summed E-state index contributed by atoms with van der Waals surface area (Å²) >= 11 is 7.36. The van der Waals surface area contributed by atoms with Crippen LogP contribution in [0.3, 0.4) is 0 Å². The molecule has 0 radical (unpaired) electrons. The average Bonchev–Trinajstić information content (AvgIpc) is 2.69. The fraction of sp³-hybridized carbons (Fsp3) is 0.286. The van der Waals surface area contributed by atoms with E-state index in [1.54, 1.807) is 16.7 Å². The monoisotopic (exact) mass is 415 g/mol. The number of nitrogens with one attached hydrogen (secondary N) is 1. The third-order valence-corrected chi connectivity index (χ3v) is 5.62. The van der Waals surface area contributed by atoms with Crippen LogP contribution in [0.2, 0.25) is 5.02 Å². The molecule has 1 N–H and O–H groups in total. The number of nitrogens with zero attached hydrogens (tertiary/aromatic N) is 2. The van der Waals surface area contributed by atoms with Gasteiger partial charge in [-0.3, -0.25) is 14.2 Å². The van der Waals surface area contributed by atoms with Crippen LogP contribution in [0.15, 0.2) is 58.5 Å². The maximum absolute atomic E-state index is 13.1. The van der Waals surface area contributed by atoms with Gasteiger partial charge in [0.15, 0.2) is 5.16 Å². The molecule has 0 aliphatic carbocycles. The standard InChI is InChI=1S/C21H22ClN3O2S/c1-3-14(2)23-19(26)13-28-21-24-18-10-5-4-9-17(18)20(27)25(21)12-15-7-6-8-16(22)11-15/h4-11,14H,3,12-13H2,1-2H3,(H,23,26). The summed E-state index contributed by atoms with van der Waals surface area (Å²) in [6.07, 6.45) is 0.865. The molecule has 1 atom stereocenters. The molecular weight excluding hydrogens is 394 g/mol. The van der Waals surface area contributed by atoms with E-state index < -0.39 is 0 Å². The molecule has 3 aromatic rings. The molecule has 2 aromatic carbocycles. The lowest BCUT2D eigenvalue weighted by Crippen LogP contribution is -2.33. The lowest BCUT2D eigenvalue weighted by molar-refractivity contribution is -0.119. The lowest BCUT2D eigenvalue weighted by atomic mass is 10.2. The fourth-order valence-electron chi connectivity index (χ4n) is 2.76. The van der Waals surface area contributed by atoms with Gasteiger partial charge in [-0.2, -0.15) is 0 Å². The summed E-state index contributed by atoms with van der Waals surface area (Å²) < 4.78 is 1.61. The molecule has 1 unspecified atom stereocenters. The van der Waals surface area contributed by atoms with Crippen molar-refractivity contribution < 1.29 is 4.79 Å². The number of para-hydroxylation sites is 1. The molecule has 0 saturated carbocycles. The van der Waals surface area contributed by atoms with Crippen molar-refractivity contribution in [1.29, 1.82) is 0 Å². The van der Waals surface area contributed by atoms with Crippen LogP contribution in [0, 0.1) is 0 Å². The lowest BCUT2D eigenvalue weighted by Gasteiger charge is -2.14. The zero-order valence-electron chi connectivity index (χ0n) is 15.8. The van der Waals surface area contributed by atoms with Crippen molar-refractivity contribution in [2.45, 2.75) is 38.0 Å². The summed E-state index contributed by atoms with van der Waals surface area (Å²) in [5, 5.41) is 4.62. The molecule has 5 nitrogen and oxygen atoms in total. The Morgan fingerprint density at radius 2 is 2.04 bits per heavy atom. The Morgan fingerprint density at radius 1 is 1.25 bits per heavy atom. The van der Waals surface area contributed by atoms with E-state index in [1.807, 2.05) is 50.2 Å². The summed E-state index contributed by atoms with van der Waals surface area (Å²) in [6.45, 7) is 4.32. The fourth-order valence-corrected chi connectivity index (χ4v) is 3.79. The van der Waals surface area contributed by atoms with Crippen molar-refractivity contribution in [1.82, 2.24) is 14.9 Å². The summed E-state index contributed by atoms with van der Waals surface area (Å²) in [4.78, 5) is 29.9. The predicted molar refractivity (Wildman–Crippen MR) is 115 cm³/mol. The number of amides is 1. The number of carbonyl (C=O) groups is 1. The minimum absolute atomic E-state index is 0.0731. The van der Waals surface area contributed by atoms with Crippen molar-refractivity contribution in [2.75, 3.05) is 5.75 Å². The molecule has 0 spiro atoms. The number of benzene rings is 2. The number of aromatic nitrogens is 2. The second-order valence-corrected chi connectivity index (χ2v) is 7.98. The van der Waals surface area contributed by atoms with Crippen LogP contribution in [0.25, 0.3) is 10.9 Å². The molecule has 28 heavy (non-hydrogen) atoms. The summed E-state index contributed by atoms with van der Waals surface area (Å²) in [7, 11) is 0. The van der Waals surface area contributed by atoms with Crippen LogP contribution in [-0.2, 0) is 11.3 Å². The molecule has 7 heteroatoms. The van der Waals surface area contributed by atoms with Crippen molar-refractivity contribution in [2.24, 2.45) is 0 Å². The molecule has 0 aliphatic heterocycles. The van der Waals surface area contributed by atoms with Gasteiger partial charge in [0.05, 0.1) is 23.2 Å².